The molecule has 0 unspecified atom stereocenters. The second-order valence-electron chi connectivity index (χ2n) is 6.29. The van der Waals surface area contributed by atoms with Gasteiger partial charge >= 0.3 is 7.82 Å². The third-order valence-electron chi connectivity index (χ3n) is 4.07. The van der Waals surface area contributed by atoms with Gasteiger partial charge in [0.2, 0.25) is 0 Å². The lowest BCUT2D eigenvalue weighted by Crippen LogP contribution is -2.03. The lowest BCUT2D eigenvalue weighted by molar-refractivity contribution is 0.289. The van der Waals surface area contributed by atoms with Gasteiger partial charge in [-0.15, -0.1) is 0 Å². The Labute approximate surface area is 136 Å². The Morgan fingerprint density at radius 2 is 1.22 bits per heavy atom. The fourth-order valence-corrected chi connectivity index (χ4v) is 4.26. The van der Waals surface area contributed by atoms with Gasteiger partial charge in [0.25, 0.3) is 0 Å². The van der Waals surface area contributed by atoms with Crippen LogP contribution in [0.5, 0.6) is 11.5 Å². The molecule has 23 heavy (non-hydrogen) atoms. The number of phosphoric ester groups is 1. The highest BCUT2D eigenvalue weighted by Crippen LogP contribution is 2.49. The van der Waals surface area contributed by atoms with Crippen LogP contribution in [-0.2, 0) is 17.4 Å². The molecule has 5 heteroatoms. The van der Waals surface area contributed by atoms with Gasteiger partial charge in [-0.05, 0) is 62.8 Å². The summed E-state index contributed by atoms with van der Waals surface area (Å²) in [6, 6.07) is 7.91. The number of aryl methyl sites for hydroxylation is 6. The Hall–Kier alpha value is -1.77. The molecule has 4 nitrogen and oxygen atoms in total. The van der Waals surface area contributed by atoms with Crippen molar-refractivity contribution >= 4 is 7.82 Å². The van der Waals surface area contributed by atoms with Crippen molar-refractivity contribution in [3.05, 3.63) is 57.6 Å². The minimum absolute atomic E-state index is 0.462. The average molecular weight is 332 g/mol. The highest BCUT2D eigenvalue weighted by atomic mass is 31.2. The molecule has 0 radical (unpaired) electrons. The first-order chi connectivity index (χ1) is 10.7. The normalized spacial score (nSPS) is 16.0. The second kappa shape index (κ2) is 5.70. The smallest absolute Gasteiger partial charge is 0.395 e. The summed E-state index contributed by atoms with van der Waals surface area (Å²) < 4.78 is 23.3. The average Bonchev–Trinajstić information content (AvgIpc) is 2.47. The van der Waals surface area contributed by atoms with E-state index in [0.717, 1.165) is 46.2 Å². The van der Waals surface area contributed by atoms with Gasteiger partial charge in [-0.1, -0.05) is 35.4 Å². The zero-order chi connectivity index (χ0) is 16.8. The van der Waals surface area contributed by atoms with Crippen LogP contribution in [0.15, 0.2) is 24.3 Å². The van der Waals surface area contributed by atoms with Gasteiger partial charge in [0, 0.05) is 0 Å². The first-order valence-electron chi connectivity index (χ1n) is 7.67. The number of benzene rings is 2. The molecule has 0 saturated heterocycles. The first kappa shape index (κ1) is 16.1. The Kier molecular flexibility index (Phi) is 3.99. The van der Waals surface area contributed by atoms with E-state index in [1.54, 1.807) is 0 Å². The summed E-state index contributed by atoms with van der Waals surface area (Å²) in [6.07, 6.45) is 1.47. The predicted molar refractivity (Wildman–Crippen MR) is 90.3 cm³/mol. The van der Waals surface area contributed by atoms with Crippen LogP contribution in [0.1, 0.15) is 33.4 Å². The van der Waals surface area contributed by atoms with Crippen LogP contribution in [0.3, 0.4) is 0 Å². The molecule has 2 aromatic carbocycles. The molecule has 1 N–H and O–H groups in total. The van der Waals surface area contributed by atoms with E-state index in [4.69, 9.17) is 9.05 Å². The molecule has 1 aliphatic heterocycles. The van der Waals surface area contributed by atoms with Crippen molar-refractivity contribution < 1.29 is 18.5 Å². The maximum atomic E-state index is 12.5. The van der Waals surface area contributed by atoms with Gasteiger partial charge in [0.05, 0.1) is 0 Å². The zero-order valence-electron chi connectivity index (χ0n) is 13.8. The molecule has 122 valence electrons. The van der Waals surface area contributed by atoms with Crippen molar-refractivity contribution in [1.29, 1.82) is 0 Å². The van der Waals surface area contributed by atoms with Gasteiger partial charge in [-0.3, -0.25) is 4.89 Å². The highest BCUT2D eigenvalue weighted by Gasteiger charge is 2.30. The number of hydrogen-bond donors (Lipinski definition) is 1. The molecule has 3 rings (SSSR count). The van der Waals surface area contributed by atoms with E-state index >= 15 is 0 Å². The third kappa shape index (κ3) is 3.29. The van der Waals surface area contributed by atoms with Gasteiger partial charge in [-0.25, -0.2) is 4.57 Å². The summed E-state index contributed by atoms with van der Waals surface area (Å²) in [5.41, 5.74) is 5.78. The van der Waals surface area contributed by atoms with Crippen molar-refractivity contribution in [1.82, 2.24) is 0 Å². The standard InChI is InChI=1S/C18H21O4P/c1-11-7-13(3)17-15(9-11)5-6-16-10-12(2)8-14(4)18(16)22-23(19,20)21-17/h7-10H,5-6H2,1-4H3,(H,19,20). The molecule has 0 aliphatic carbocycles. The van der Waals surface area contributed by atoms with Gasteiger partial charge in [0.15, 0.2) is 0 Å². The minimum Gasteiger partial charge on any atom is -0.395 e. The van der Waals surface area contributed by atoms with E-state index in [0.29, 0.717) is 11.5 Å². The van der Waals surface area contributed by atoms with Crippen molar-refractivity contribution in [3.63, 3.8) is 0 Å². The monoisotopic (exact) mass is 332 g/mol. The van der Waals surface area contributed by atoms with E-state index in [1.165, 1.54) is 0 Å². The minimum atomic E-state index is -4.23. The van der Waals surface area contributed by atoms with E-state index in [1.807, 2.05) is 52.0 Å². The van der Waals surface area contributed by atoms with Crippen LogP contribution in [-0.4, -0.2) is 4.89 Å². The zero-order valence-corrected chi connectivity index (χ0v) is 14.7. The molecule has 1 aliphatic rings. The summed E-state index contributed by atoms with van der Waals surface area (Å²) in [5.74, 6) is 0.923. The van der Waals surface area contributed by atoms with Crippen LogP contribution in [0.2, 0.25) is 0 Å². The Balaban J connectivity index is 2.16. The lowest BCUT2D eigenvalue weighted by atomic mass is 9.97. The highest BCUT2D eigenvalue weighted by molar-refractivity contribution is 7.48. The third-order valence-corrected chi connectivity index (χ3v) is 4.90. The van der Waals surface area contributed by atoms with E-state index in [2.05, 4.69) is 0 Å². The van der Waals surface area contributed by atoms with E-state index in [-0.39, 0.29) is 0 Å². The number of hydrogen-bond acceptors (Lipinski definition) is 3. The second-order valence-corrected chi connectivity index (χ2v) is 7.59. The number of fused-ring (bicyclic) bond motifs is 2. The van der Waals surface area contributed by atoms with Crippen LogP contribution in [0.4, 0.5) is 0 Å². The first-order valence-corrected chi connectivity index (χ1v) is 9.17. The van der Waals surface area contributed by atoms with Crippen LogP contribution >= 0.6 is 7.82 Å². The summed E-state index contributed by atoms with van der Waals surface area (Å²) in [7, 11) is -4.23. The molecular formula is C18H21O4P. The molecule has 0 aromatic heterocycles. The Morgan fingerprint density at radius 1 is 0.826 bits per heavy atom. The SMILES string of the molecule is Cc1cc(C)c2c(c1)CCc1cc(C)cc(C)c1OP(=O)(O)O2. The van der Waals surface area contributed by atoms with Crippen molar-refractivity contribution in [3.8, 4) is 11.5 Å². The Bertz CT molecular complexity index is 761. The van der Waals surface area contributed by atoms with Crippen LogP contribution < -0.4 is 9.05 Å². The van der Waals surface area contributed by atoms with Crippen molar-refractivity contribution in [2.45, 2.75) is 40.5 Å². The lowest BCUT2D eigenvalue weighted by Gasteiger charge is -2.18. The summed E-state index contributed by atoms with van der Waals surface area (Å²) in [4.78, 5) is 10.2. The maximum Gasteiger partial charge on any atom is 0.584 e. The summed E-state index contributed by atoms with van der Waals surface area (Å²) >= 11 is 0. The molecule has 0 bridgehead atoms. The van der Waals surface area contributed by atoms with E-state index in [9.17, 15) is 9.46 Å². The van der Waals surface area contributed by atoms with Gasteiger partial charge in [0.1, 0.15) is 11.5 Å². The van der Waals surface area contributed by atoms with E-state index < -0.39 is 7.82 Å². The molecule has 0 spiro atoms. The van der Waals surface area contributed by atoms with Crippen LogP contribution in [0.25, 0.3) is 0 Å². The maximum absolute atomic E-state index is 12.5. The summed E-state index contributed by atoms with van der Waals surface area (Å²) in [5, 5.41) is 0. The predicted octanol–water partition coefficient (Wildman–Crippen LogP) is 4.58. The van der Waals surface area contributed by atoms with Gasteiger partial charge < -0.3 is 9.05 Å². The fraction of sp³-hybridized carbons (Fsp3) is 0.333. The largest absolute Gasteiger partial charge is 0.584 e. The molecule has 0 saturated carbocycles. The summed E-state index contributed by atoms with van der Waals surface area (Å²) in [6.45, 7) is 7.78. The molecule has 0 amide bonds. The Morgan fingerprint density at radius 3 is 1.61 bits per heavy atom. The van der Waals surface area contributed by atoms with Crippen LogP contribution in [0, 0.1) is 27.7 Å². The molecule has 1 heterocycles. The molecule has 0 atom stereocenters. The van der Waals surface area contributed by atoms with Crippen molar-refractivity contribution in [2.24, 2.45) is 0 Å². The molecule has 2 aromatic rings. The molecular weight excluding hydrogens is 311 g/mol. The van der Waals surface area contributed by atoms with Crippen molar-refractivity contribution in [2.75, 3.05) is 0 Å². The molecule has 0 fully saturated rings. The number of phosphoric acid groups is 1. The number of rotatable bonds is 0. The quantitative estimate of drug-likeness (QED) is 0.718. The topological polar surface area (TPSA) is 55.8 Å². The van der Waals surface area contributed by atoms with Gasteiger partial charge in [-0.2, -0.15) is 0 Å². The fourth-order valence-electron chi connectivity index (χ4n) is 3.24.